The van der Waals surface area contributed by atoms with Gasteiger partial charge in [-0.2, -0.15) is 0 Å². The van der Waals surface area contributed by atoms with Crippen molar-refractivity contribution in [1.29, 1.82) is 0 Å². The number of benzene rings is 2. The van der Waals surface area contributed by atoms with Gasteiger partial charge in [-0.1, -0.05) is 25.5 Å². The summed E-state index contributed by atoms with van der Waals surface area (Å²) in [5.41, 5.74) is 1.76. The Hall–Kier alpha value is -3.68. The summed E-state index contributed by atoms with van der Waals surface area (Å²) in [5.74, 6) is -1.29. The van der Waals surface area contributed by atoms with Crippen LogP contribution >= 0.6 is 0 Å². The lowest BCUT2D eigenvalue weighted by atomic mass is 9.93. The van der Waals surface area contributed by atoms with Gasteiger partial charge in [-0.3, -0.25) is 0 Å². The molecule has 0 saturated carbocycles. The van der Waals surface area contributed by atoms with E-state index in [1.54, 1.807) is 31.2 Å². The van der Waals surface area contributed by atoms with Crippen molar-refractivity contribution >= 4 is 18.0 Å². The molecular weight excluding hydrogens is 415 g/mol. The monoisotopic (exact) mass is 440 g/mol. The Bertz CT molecular complexity index is 1020. The molecule has 3 rings (SSSR count). The second-order valence-electron chi connectivity index (χ2n) is 7.21. The van der Waals surface area contributed by atoms with Gasteiger partial charge in [0.1, 0.15) is 11.6 Å². The predicted octanol–water partition coefficient (Wildman–Crippen LogP) is 4.41. The number of carbonyl (C=O) groups is 3. The van der Waals surface area contributed by atoms with Crippen molar-refractivity contribution in [3.63, 3.8) is 0 Å². The quantitative estimate of drug-likeness (QED) is 0.469. The summed E-state index contributed by atoms with van der Waals surface area (Å²) in [7, 11) is 0. The van der Waals surface area contributed by atoms with E-state index in [0.717, 1.165) is 12.8 Å². The fraction of sp³-hybridized carbons (Fsp3) is 0.292. The average molecular weight is 440 g/mol. The Morgan fingerprint density at radius 3 is 2.31 bits per heavy atom. The summed E-state index contributed by atoms with van der Waals surface area (Å²) in [6.07, 6.45) is 2.26. The SMILES string of the molecule is CCCCC1=C(C(=O)OCC)C(c2ccc(OC(=O)c3ccc(F)cc3)cc2)NC(=O)N1. The second kappa shape index (κ2) is 10.6. The highest BCUT2D eigenvalue weighted by Gasteiger charge is 2.33. The van der Waals surface area contributed by atoms with Crippen LogP contribution in [0.2, 0.25) is 0 Å². The first kappa shape index (κ1) is 23.0. The van der Waals surface area contributed by atoms with Crippen LogP contribution in [0.25, 0.3) is 0 Å². The second-order valence-corrected chi connectivity index (χ2v) is 7.21. The molecule has 0 bridgehead atoms. The first-order valence-electron chi connectivity index (χ1n) is 10.5. The third-order valence-electron chi connectivity index (χ3n) is 4.93. The minimum atomic E-state index is -0.698. The molecule has 1 atom stereocenters. The van der Waals surface area contributed by atoms with Crippen molar-refractivity contribution in [2.45, 2.75) is 39.2 Å². The van der Waals surface area contributed by atoms with E-state index in [-0.39, 0.29) is 17.9 Å². The number of hydrogen-bond acceptors (Lipinski definition) is 5. The Balaban J connectivity index is 1.84. The fourth-order valence-corrected chi connectivity index (χ4v) is 3.35. The number of nitrogens with one attached hydrogen (secondary N) is 2. The number of ether oxygens (including phenoxy) is 2. The van der Waals surface area contributed by atoms with Crippen LogP contribution in [0.3, 0.4) is 0 Å². The highest BCUT2D eigenvalue weighted by atomic mass is 19.1. The van der Waals surface area contributed by atoms with Gasteiger partial charge in [0.2, 0.25) is 0 Å². The Morgan fingerprint density at radius 2 is 1.69 bits per heavy atom. The number of hydrogen-bond donors (Lipinski definition) is 2. The topological polar surface area (TPSA) is 93.7 Å². The molecule has 0 saturated heterocycles. The number of esters is 2. The van der Waals surface area contributed by atoms with E-state index >= 15 is 0 Å². The fourth-order valence-electron chi connectivity index (χ4n) is 3.35. The minimum Gasteiger partial charge on any atom is -0.463 e. The van der Waals surface area contributed by atoms with Gasteiger partial charge in [0, 0.05) is 5.70 Å². The molecule has 0 spiro atoms. The first-order valence-corrected chi connectivity index (χ1v) is 10.5. The number of unbranched alkanes of at least 4 members (excludes halogenated alkanes) is 1. The molecule has 1 heterocycles. The first-order chi connectivity index (χ1) is 15.4. The lowest BCUT2D eigenvalue weighted by Gasteiger charge is -2.29. The zero-order valence-corrected chi connectivity index (χ0v) is 17.9. The van der Waals surface area contributed by atoms with Crippen LogP contribution < -0.4 is 15.4 Å². The summed E-state index contributed by atoms with van der Waals surface area (Å²) in [5, 5.41) is 5.50. The van der Waals surface area contributed by atoms with Gasteiger partial charge in [-0.05, 0) is 61.7 Å². The highest BCUT2D eigenvalue weighted by Crippen LogP contribution is 2.30. The van der Waals surface area contributed by atoms with E-state index in [1.807, 2.05) is 6.92 Å². The normalized spacial score (nSPS) is 15.6. The minimum absolute atomic E-state index is 0.211. The zero-order chi connectivity index (χ0) is 23.1. The van der Waals surface area contributed by atoms with Crippen molar-refractivity contribution in [3.8, 4) is 5.75 Å². The van der Waals surface area contributed by atoms with Crippen molar-refractivity contribution in [2.75, 3.05) is 6.61 Å². The molecule has 168 valence electrons. The number of amides is 2. The van der Waals surface area contributed by atoms with Crippen molar-refractivity contribution in [3.05, 3.63) is 76.7 Å². The zero-order valence-electron chi connectivity index (χ0n) is 17.9. The molecule has 8 heteroatoms. The molecule has 1 aliphatic rings. The van der Waals surface area contributed by atoms with Gasteiger partial charge in [0.05, 0.1) is 23.8 Å². The smallest absolute Gasteiger partial charge is 0.343 e. The molecule has 1 unspecified atom stereocenters. The van der Waals surface area contributed by atoms with Gasteiger partial charge in [0.15, 0.2) is 0 Å². The van der Waals surface area contributed by atoms with E-state index in [9.17, 15) is 18.8 Å². The van der Waals surface area contributed by atoms with Crippen molar-refractivity contribution < 1.29 is 28.2 Å². The summed E-state index contributed by atoms with van der Waals surface area (Å²) in [4.78, 5) is 37.2. The number of allylic oxidation sites excluding steroid dienone is 1. The van der Waals surface area contributed by atoms with Gasteiger partial charge >= 0.3 is 18.0 Å². The molecule has 0 aliphatic carbocycles. The largest absolute Gasteiger partial charge is 0.463 e. The molecule has 2 amide bonds. The molecule has 2 N–H and O–H groups in total. The van der Waals surface area contributed by atoms with E-state index in [0.29, 0.717) is 23.3 Å². The summed E-state index contributed by atoms with van der Waals surface area (Å²) >= 11 is 0. The maximum Gasteiger partial charge on any atom is 0.343 e. The Morgan fingerprint density at radius 1 is 1.00 bits per heavy atom. The standard InChI is InChI=1S/C24H25FN2O5/c1-3-5-6-19-20(23(29)31-4-2)21(27-24(30)26-19)15-9-13-18(14-10-15)32-22(28)16-7-11-17(25)12-8-16/h7-14,21H,3-6H2,1-2H3,(H2,26,27,30). The van der Waals surface area contributed by atoms with Crippen LogP contribution in [-0.2, 0) is 9.53 Å². The van der Waals surface area contributed by atoms with Crippen LogP contribution in [0.15, 0.2) is 59.8 Å². The number of halogens is 1. The molecule has 0 aromatic heterocycles. The maximum atomic E-state index is 13.0. The molecule has 0 fully saturated rings. The molecular formula is C24H25FN2O5. The molecule has 32 heavy (non-hydrogen) atoms. The van der Waals surface area contributed by atoms with Crippen molar-refractivity contribution in [2.24, 2.45) is 0 Å². The van der Waals surface area contributed by atoms with E-state index in [4.69, 9.17) is 9.47 Å². The average Bonchev–Trinajstić information content (AvgIpc) is 2.78. The number of rotatable bonds is 8. The van der Waals surface area contributed by atoms with Gasteiger partial charge in [0.25, 0.3) is 0 Å². The summed E-state index contributed by atoms with van der Waals surface area (Å²) in [6.45, 7) is 3.96. The van der Waals surface area contributed by atoms with E-state index in [2.05, 4.69) is 10.6 Å². The van der Waals surface area contributed by atoms with E-state index < -0.39 is 29.8 Å². The lowest BCUT2D eigenvalue weighted by Crippen LogP contribution is -2.46. The van der Waals surface area contributed by atoms with Gasteiger partial charge in [-0.25, -0.2) is 18.8 Å². The molecule has 7 nitrogen and oxygen atoms in total. The third kappa shape index (κ3) is 5.51. The van der Waals surface area contributed by atoms with Crippen LogP contribution in [0.5, 0.6) is 5.75 Å². The Kier molecular flexibility index (Phi) is 7.59. The summed E-state index contributed by atoms with van der Waals surface area (Å²) < 4.78 is 23.6. The molecule has 0 radical (unpaired) electrons. The third-order valence-corrected chi connectivity index (χ3v) is 4.93. The van der Waals surface area contributed by atoms with Crippen LogP contribution in [0.4, 0.5) is 9.18 Å². The van der Waals surface area contributed by atoms with Gasteiger partial charge < -0.3 is 20.1 Å². The Labute approximate surface area is 185 Å². The van der Waals surface area contributed by atoms with Crippen LogP contribution in [-0.4, -0.2) is 24.6 Å². The molecule has 2 aromatic carbocycles. The molecule has 2 aromatic rings. The van der Waals surface area contributed by atoms with Crippen molar-refractivity contribution in [1.82, 2.24) is 10.6 Å². The lowest BCUT2D eigenvalue weighted by molar-refractivity contribution is -0.139. The van der Waals surface area contributed by atoms with Crippen LogP contribution in [0.1, 0.15) is 55.1 Å². The number of carbonyl (C=O) groups excluding carboxylic acids is 3. The number of urea groups is 1. The van der Waals surface area contributed by atoms with Gasteiger partial charge in [-0.15, -0.1) is 0 Å². The van der Waals surface area contributed by atoms with E-state index in [1.165, 1.54) is 24.3 Å². The van der Waals surface area contributed by atoms with Crippen LogP contribution in [0, 0.1) is 5.82 Å². The summed E-state index contributed by atoms with van der Waals surface area (Å²) in [6, 6.07) is 10.4. The molecule has 1 aliphatic heterocycles. The predicted molar refractivity (Wildman–Crippen MR) is 115 cm³/mol. The maximum absolute atomic E-state index is 13.0. The highest BCUT2D eigenvalue weighted by molar-refractivity contribution is 5.95.